The van der Waals surface area contributed by atoms with E-state index >= 15 is 0 Å². The number of benzene rings is 1. The number of esters is 1. The second-order valence-electron chi connectivity index (χ2n) is 6.02. The van der Waals surface area contributed by atoms with E-state index in [1.165, 1.54) is 6.92 Å². The van der Waals surface area contributed by atoms with Crippen LogP contribution in [0.5, 0.6) is 0 Å². The van der Waals surface area contributed by atoms with Gasteiger partial charge in [-0.25, -0.2) is 4.68 Å². The van der Waals surface area contributed by atoms with Crippen LogP contribution in [0.1, 0.15) is 43.5 Å². The van der Waals surface area contributed by atoms with Gasteiger partial charge in [0.25, 0.3) is 5.56 Å². The Morgan fingerprint density at radius 1 is 1.32 bits per heavy atom. The zero-order chi connectivity index (χ0) is 18.9. The molecular formula is C17H19F3N2O3. The second-order valence-corrected chi connectivity index (χ2v) is 6.02. The summed E-state index contributed by atoms with van der Waals surface area (Å²) in [6.45, 7) is 6.37. The van der Waals surface area contributed by atoms with Crippen molar-refractivity contribution in [3.05, 3.63) is 39.3 Å². The lowest BCUT2D eigenvalue weighted by Crippen LogP contribution is -2.30. The molecular weight excluding hydrogens is 337 g/mol. The maximum atomic E-state index is 13.1. The number of nitrogens with zero attached hydrogens (tertiary/aromatic N) is 2. The van der Waals surface area contributed by atoms with Crippen LogP contribution in [-0.4, -0.2) is 22.4 Å². The SMILES string of the molecule is CCOC(=O)Cn1nc(C(C)C)c2cc(C(F)(F)F)cc(C)c2c1=O. The van der Waals surface area contributed by atoms with Gasteiger partial charge in [-0.2, -0.15) is 18.3 Å². The van der Waals surface area contributed by atoms with E-state index in [-0.39, 0.29) is 35.4 Å². The van der Waals surface area contributed by atoms with Crippen molar-refractivity contribution in [2.75, 3.05) is 6.61 Å². The summed E-state index contributed by atoms with van der Waals surface area (Å²) in [5.41, 5.74) is -0.924. The van der Waals surface area contributed by atoms with Gasteiger partial charge in [0.15, 0.2) is 0 Å². The standard InChI is InChI=1S/C17H19F3N2O3/c1-5-25-13(23)8-22-16(24)14-10(4)6-11(17(18,19)20)7-12(14)15(21-22)9(2)3/h6-7,9H,5,8H2,1-4H3. The molecule has 25 heavy (non-hydrogen) atoms. The van der Waals surface area contributed by atoms with Crippen LogP contribution in [-0.2, 0) is 22.3 Å². The molecule has 1 aromatic carbocycles. The molecule has 1 heterocycles. The lowest BCUT2D eigenvalue weighted by Gasteiger charge is -2.16. The van der Waals surface area contributed by atoms with E-state index in [2.05, 4.69) is 5.10 Å². The average Bonchev–Trinajstić information content (AvgIpc) is 2.48. The number of rotatable bonds is 4. The number of halogens is 3. The predicted octanol–water partition coefficient (Wildman–Crippen LogP) is 3.41. The first-order valence-electron chi connectivity index (χ1n) is 7.84. The molecule has 0 unspecified atom stereocenters. The highest BCUT2D eigenvalue weighted by Crippen LogP contribution is 2.34. The van der Waals surface area contributed by atoms with E-state index in [0.29, 0.717) is 5.69 Å². The number of fused-ring (bicyclic) bond motifs is 1. The molecule has 5 nitrogen and oxygen atoms in total. The van der Waals surface area contributed by atoms with E-state index in [4.69, 9.17) is 4.74 Å². The first-order chi connectivity index (χ1) is 11.6. The van der Waals surface area contributed by atoms with Gasteiger partial charge in [-0.3, -0.25) is 9.59 Å². The summed E-state index contributed by atoms with van der Waals surface area (Å²) in [5.74, 6) is -0.866. The fraction of sp³-hybridized carbons (Fsp3) is 0.471. The smallest absolute Gasteiger partial charge is 0.416 e. The molecule has 8 heteroatoms. The summed E-state index contributed by atoms with van der Waals surface area (Å²) in [6, 6.07) is 1.88. The lowest BCUT2D eigenvalue weighted by molar-refractivity contribution is -0.144. The molecule has 0 aliphatic rings. The lowest BCUT2D eigenvalue weighted by atomic mass is 9.97. The van der Waals surface area contributed by atoms with Gasteiger partial charge in [0.1, 0.15) is 6.54 Å². The summed E-state index contributed by atoms with van der Waals surface area (Å²) in [7, 11) is 0. The molecule has 0 amide bonds. The summed E-state index contributed by atoms with van der Waals surface area (Å²) < 4.78 is 45.1. The Morgan fingerprint density at radius 3 is 2.48 bits per heavy atom. The van der Waals surface area contributed by atoms with E-state index in [1.807, 2.05) is 0 Å². The van der Waals surface area contributed by atoms with Crippen LogP contribution >= 0.6 is 0 Å². The molecule has 2 rings (SSSR count). The van der Waals surface area contributed by atoms with Crippen LogP contribution in [0.3, 0.4) is 0 Å². The molecule has 136 valence electrons. The highest BCUT2D eigenvalue weighted by Gasteiger charge is 2.32. The molecule has 0 saturated carbocycles. The third-order valence-corrected chi connectivity index (χ3v) is 3.75. The highest BCUT2D eigenvalue weighted by molar-refractivity contribution is 5.88. The Balaban J connectivity index is 2.78. The van der Waals surface area contributed by atoms with Crippen LogP contribution in [0, 0.1) is 6.92 Å². The number of carbonyl (C=O) groups is 1. The Kier molecular flexibility index (Phi) is 5.20. The Labute approximate surface area is 142 Å². The summed E-state index contributed by atoms with van der Waals surface area (Å²) in [4.78, 5) is 24.3. The van der Waals surface area contributed by atoms with Gasteiger partial charge in [-0.05, 0) is 37.5 Å². The summed E-state index contributed by atoms with van der Waals surface area (Å²) in [5, 5.41) is 4.42. The molecule has 2 aromatic rings. The number of hydrogen-bond acceptors (Lipinski definition) is 4. The molecule has 0 N–H and O–H groups in total. The van der Waals surface area contributed by atoms with Crippen molar-refractivity contribution < 1.29 is 22.7 Å². The predicted molar refractivity (Wildman–Crippen MR) is 86.5 cm³/mol. The Morgan fingerprint density at radius 2 is 1.96 bits per heavy atom. The van der Waals surface area contributed by atoms with Crippen LogP contribution in [0.4, 0.5) is 13.2 Å². The van der Waals surface area contributed by atoms with E-state index in [0.717, 1.165) is 16.8 Å². The third kappa shape index (κ3) is 3.83. The highest BCUT2D eigenvalue weighted by atomic mass is 19.4. The van der Waals surface area contributed by atoms with Crippen molar-refractivity contribution in [3.8, 4) is 0 Å². The van der Waals surface area contributed by atoms with Gasteiger partial charge in [0.05, 0.1) is 23.3 Å². The first-order valence-corrected chi connectivity index (χ1v) is 7.84. The maximum Gasteiger partial charge on any atom is 0.416 e. The minimum atomic E-state index is -4.52. The quantitative estimate of drug-likeness (QED) is 0.788. The van der Waals surface area contributed by atoms with Crippen LogP contribution in [0.25, 0.3) is 10.8 Å². The van der Waals surface area contributed by atoms with Gasteiger partial charge in [-0.15, -0.1) is 0 Å². The molecule has 0 saturated heterocycles. The van der Waals surface area contributed by atoms with Crippen LogP contribution in [0.15, 0.2) is 16.9 Å². The fourth-order valence-electron chi connectivity index (χ4n) is 2.66. The van der Waals surface area contributed by atoms with Crippen molar-refractivity contribution in [2.45, 2.75) is 46.3 Å². The number of hydrogen-bond donors (Lipinski definition) is 0. The molecule has 0 spiro atoms. The van der Waals surface area contributed by atoms with Gasteiger partial charge in [0.2, 0.25) is 0 Å². The Bertz CT molecular complexity index is 870. The molecule has 0 bridgehead atoms. The number of carbonyl (C=O) groups excluding carboxylic acids is 1. The zero-order valence-corrected chi connectivity index (χ0v) is 14.4. The molecule has 0 fully saturated rings. The van der Waals surface area contributed by atoms with Crippen molar-refractivity contribution in [3.63, 3.8) is 0 Å². The van der Waals surface area contributed by atoms with Crippen molar-refractivity contribution in [2.24, 2.45) is 0 Å². The average molecular weight is 356 g/mol. The van der Waals surface area contributed by atoms with E-state index < -0.39 is 23.3 Å². The van der Waals surface area contributed by atoms with Gasteiger partial charge >= 0.3 is 12.1 Å². The largest absolute Gasteiger partial charge is 0.465 e. The number of ether oxygens (including phenoxy) is 1. The monoisotopic (exact) mass is 356 g/mol. The number of aryl methyl sites for hydroxylation is 1. The normalized spacial score (nSPS) is 12.0. The van der Waals surface area contributed by atoms with Crippen molar-refractivity contribution in [1.29, 1.82) is 0 Å². The van der Waals surface area contributed by atoms with Crippen LogP contribution in [0.2, 0.25) is 0 Å². The molecule has 0 atom stereocenters. The van der Waals surface area contributed by atoms with Crippen molar-refractivity contribution >= 4 is 16.7 Å². The van der Waals surface area contributed by atoms with Gasteiger partial charge in [-0.1, -0.05) is 13.8 Å². The molecule has 1 aromatic heterocycles. The number of aromatic nitrogens is 2. The maximum absolute atomic E-state index is 13.1. The fourth-order valence-corrected chi connectivity index (χ4v) is 2.66. The Hall–Kier alpha value is -2.38. The van der Waals surface area contributed by atoms with Crippen LogP contribution < -0.4 is 5.56 Å². The zero-order valence-electron chi connectivity index (χ0n) is 14.4. The minimum Gasteiger partial charge on any atom is -0.465 e. The first kappa shape index (κ1) is 19.0. The molecule has 0 aliphatic heterocycles. The van der Waals surface area contributed by atoms with Gasteiger partial charge in [0, 0.05) is 5.39 Å². The molecule has 0 aliphatic carbocycles. The summed E-state index contributed by atoms with van der Waals surface area (Å²) in [6.07, 6.45) is -4.52. The van der Waals surface area contributed by atoms with Gasteiger partial charge < -0.3 is 4.74 Å². The molecule has 0 radical (unpaired) electrons. The van der Waals surface area contributed by atoms with E-state index in [1.54, 1.807) is 20.8 Å². The third-order valence-electron chi connectivity index (χ3n) is 3.75. The summed E-state index contributed by atoms with van der Waals surface area (Å²) >= 11 is 0. The van der Waals surface area contributed by atoms with E-state index in [9.17, 15) is 22.8 Å². The van der Waals surface area contributed by atoms with Crippen molar-refractivity contribution in [1.82, 2.24) is 9.78 Å². The topological polar surface area (TPSA) is 61.2 Å². The number of alkyl halides is 3. The second kappa shape index (κ2) is 6.85. The minimum absolute atomic E-state index is 0.135.